The predicted molar refractivity (Wildman–Crippen MR) is 168 cm³/mol. The number of furan rings is 1. The number of carboxylic acid groups (broad SMARTS) is 1. The van der Waals surface area contributed by atoms with Gasteiger partial charge in [0, 0.05) is 16.1 Å². The van der Waals surface area contributed by atoms with Gasteiger partial charge in [0.25, 0.3) is 5.91 Å². The summed E-state index contributed by atoms with van der Waals surface area (Å²) in [6, 6.07) is 23.6. The zero-order chi connectivity index (χ0) is 28.6. The van der Waals surface area contributed by atoms with E-state index in [0.717, 1.165) is 33.6 Å². The monoisotopic (exact) mass is 585 g/mol. The first-order chi connectivity index (χ1) is 19.3. The molecule has 0 bridgehead atoms. The molecule has 41 heavy (non-hydrogen) atoms. The van der Waals surface area contributed by atoms with Gasteiger partial charge in [0.2, 0.25) is 0 Å². The van der Waals surface area contributed by atoms with Crippen molar-refractivity contribution in [2.45, 2.75) is 39.0 Å². The van der Waals surface area contributed by atoms with E-state index in [-0.39, 0.29) is 25.0 Å². The van der Waals surface area contributed by atoms with Gasteiger partial charge in [0.1, 0.15) is 23.7 Å². The molecule has 0 aliphatic carbocycles. The van der Waals surface area contributed by atoms with Crippen LogP contribution in [0.25, 0.3) is 22.5 Å². The van der Waals surface area contributed by atoms with Crippen molar-refractivity contribution in [3.05, 3.63) is 106 Å². The normalized spacial score (nSPS) is 12.3. The van der Waals surface area contributed by atoms with Crippen LogP contribution in [-0.2, 0) is 16.1 Å². The van der Waals surface area contributed by atoms with Gasteiger partial charge in [-0.25, -0.2) is 4.79 Å². The fourth-order valence-electron chi connectivity index (χ4n) is 4.35. The van der Waals surface area contributed by atoms with Crippen LogP contribution in [0, 0.1) is 6.92 Å². The van der Waals surface area contributed by atoms with Gasteiger partial charge in [-0.15, -0.1) is 0 Å². The summed E-state index contributed by atoms with van der Waals surface area (Å²) in [6.07, 6.45) is 1.94. The number of halogens is 1. The van der Waals surface area contributed by atoms with Crippen molar-refractivity contribution in [2.75, 3.05) is 12.0 Å². The zero-order valence-electron chi connectivity index (χ0n) is 22.6. The molecule has 6 nitrogen and oxygen atoms in total. The first kappa shape index (κ1) is 32.6. The number of carbonyl (C=O) groups is 2. The summed E-state index contributed by atoms with van der Waals surface area (Å²) >= 11 is 7.54. The van der Waals surface area contributed by atoms with E-state index in [1.165, 1.54) is 0 Å². The third-order valence-corrected chi connectivity index (χ3v) is 7.53. The SMILES string of the molecule is CSCCC(NC(=O)c1ccc(COC(C)c2ccc(-c3ccc(Cl)cc3)o2)cc1-c1ccccc1C)C(=O)O.[LiH]. The molecule has 0 radical (unpaired) electrons. The van der Waals surface area contributed by atoms with Crippen molar-refractivity contribution in [2.24, 2.45) is 0 Å². The summed E-state index contributed by atoms with van der Waals surface area (Å²) in [7, 11) is 0. The van der Waals surface area contributed by atoms with Crippen LogP contribution in [-0.4, -0.2) is 53.9 Å². The molecule has 1 aromatic heterocycles. The Balaban J connectivity index is 0.00000462. The first-order valence-electron chi connectivity index (χ1n) is 13.0. The van der Waals surface area contributed by atoms with Crippen LogP contribution in [0.4, 0.5) is 0 Å². The summed E-state index contributed by atoms with van der Waals surface area (Å²) in [5, 5.41) is 13.0. The Morgan fingerprint density at radius 1 is 1.02 bits per heavy atom. The molecule has 0 aliphatic rings. The van der Waals surface area contributed by atoms with Gasteiger partial charge >= 0.3 is 24.8 Å². The Bertz CT molecular complexity index is 1470. The number of thioether (sulfide) groups is 1. The predicted octanol–water partition coefficient (Wildman–Crippen LogP) is 7.14. The van der Waals surface area contributed by atoms with Gasteiger partial charge in [-0.1, -0.05) is 41.9 Å². The van der Waals surface area contributed by atoms with E-state index >= 15 is 0 Å². The first-order valence-corrected chi connectivity index (χ1v) is 14.7. The van der Waals surface area contributed by atoms with E-state index in [2.05, 4.69) is 5.32 Å². The van der Waals surface area contributed by atoms with Gasteiger partial charge in [0.05, 0.1) is 6.61 Å². The number of aryl methyl sites for hydroxylation is 1. The fourth-order valence-corrected chi connectivity index (χ4v) is 4.95. The number of hydrogen-bond acceptors (Lipinski definition) is 5. The van der Waals surface area contributed by atoms with Crippen LogP contribution in [0.5, 0.6) is 0 Å². The summed E-state index contributed by atoms with van der Waals surface area (Å²) in [5.74, 6) is 0.600. The Morgan fingerprint density at radius 2 is 1.76 bits per heavy atom. The molecule has 0 spiro atoms. The molecule has 2 atom stereocenters. The van der Waals surface area contributed by atoms with Crippen molar-refractivity contribution < 1.29 is 23.8 Å². The molecule has 210 valence electrons. The van der Waals surface area contributed by atoms with Crippen LogP contribution in [0.1, 0.15) is 46.7 Å². The maximum absolute atomic E-state index is 13.3. The van der Waals surface area contributed by atoms with Gasteiger partial charge in [-0.2, -0.15) is 11.8 Å². The molecule has 3 aromatic carbocycles. The number of amides is 1. The second kappa shape index (κ2) is 15.3. The maximum atomic E-state index is 13.3. The van der Waals surface area contributed by atoms with E-state index in [9.17, 15) is 14.7 Å². The molecule has 0 saturated heterocycles. The second-order valence-electron chi connectivity index (χ2n) is 9.50. The Kier molecular flexibility index (Phi) is 12.2. The average Bonchev–Trinajstić information content (AvgIpc) is 3.45. The van der Waals surface area contributed by atoms with Crippen LogP contribution in [0.2, 0.25) is 5.02 Å². The Labute approximate surface area is 262 Å². The van der Waals surface area contributed by atoms with Crippen LogP contribution >= 0.6 is 23.4 Å². The van der Waals surface area contributed by atoms with Gasteiger partial charge in [0.15, 0.2) is 0 Å². The summed E-state index contributed by atoms with van der Waals surface area (Å²) in [5.41, 5.74) is 4.85. The van der Waals surface area contributed by atoms with Crippen molar-refractivity contribution in [3.63, 3.8) is 0 Å². The second-order valence-corrected chi connectivity index (χ2v) is 10.9. The Morgan fingerprint density at radius 3 is 2.44 bits per heavy atom. The standard InChI is InChI=1S/C32H32ClNO5S.Li.H/c1-20-6-4-5-7-25(20)27-18-22(8-13-26(27)31(35)34-28(32(36)37)16-17-40-3)19-38-21(2)29-14-15-30(39-29)23-9-11-24(33)12-10-23;;/h4-15,18,21,28H,16-17,19H2,1-3H3,(H,34,35)(H,36,37);;. The molecule has 0 aliphatic heterocycles. The number of ether oxygens (including phenoxy) is 1. The molecule has 9 heteroatoms. The van der Waals surface area contributed by atoms with E-state index in [1.807, 2.05) is 92.9 Å². The summed E-state index contributed by atoms with van der Waals surface area (Å²) < 4.78 is 12.2. The number of benzene rings is 3. The fraction of sp³-hybridized carbons (Fsp3) is 0.250. The summed E-state index contributed by atoms with van der Waals surface area (Å²) in [6.45, 7) is 4.20. The number of rotatable bonds is 12. The molecule has 2 unspecified atom stereocenters. The van der Waals surface area contributed by atoms with Crippen molar-refractivity contribution in [3.8, 4) is 22.5 Å². The number of nitrogens with one attached hydrogen (secondary N) is 1. The van der Waals surface area contributed by atoms with Crippen molar-refractivity contribution in [1.29, 1.82) is 0 Å². The third-order valence-electron chi connectivity index (χ3n) is 6.63. The van der Waals surface area contributed by atoms with E-state index < -0.39 is 17.9 Å². The minimum absolute atomic E-state index is 0. The van der Waals surface area contributed by atoms with Crippen LogP contribution < -0.4 is 5.32 Å². The quantitative estimate of drug-likeness (QED) is 0.172. The number of aliphatic carboxylic acids is 1. The minimum atomic E-state index is -1.05. The van der Waals surface area contributed by atoms with Crippen molar-refractivity contribution >= 4 is 54.1 Å². The van der Waals surface area contributed by atoms with Gasteiger partial charge in [-0.3, -0.25) is 4.79 Å². The number of carbonyl (C=O) groups excluding carboxylic acids is 1. The number of carboxylic acids is 1. The molecule has 1 heterocycles. The molecule has 4 rings (SSSR count). The Hall–Kier alpha value is -2.92. The molecular weight excluding hydrogens is 553 g/mol. The van der Waals surface area contributed by atoms with Gasteiger partial charge in [-0.05, 0) is 103 Å². The van der Waals surface area contributed by atoms with Crippen LogP contribution in [0.15, 0.2) is 83.3 Å². The van der Waals surface area contributed by atoms with E-state index in [4.69, 9.17) is 20.8 Å². The molecule has 0 saturated carbocycles. The molecule has 2 N–H and O–H groups in total. The molecule has 1 amide bonds. The third kappa shape index (κ3) is 8.54. The van der Waals surface area contributed by atoms with E-state index in [1.54, 1.807) is 17.8 Å². The van der Waals surface area contributed by atoms with Gasteiger partial charge < -0.3 is 19.6 Å². The average molecular weight is 586 g/mol. The van der Waals surface area contributed by atoms with E-state index in [0.29, 0.717) is 35.1 Å². The zero-order valence-corrected chi connectivity index (χ0v) is 24.2. The topological polar surface area (TPSA) is 88.8 Å². The van der Waals surface area contributed by atoms with Crippen LogP contribution in [0.3, 0.4) is 0 Å². The molecular formula is C32H33ClLiNO5S. The number of hydrogen-bond donors (Lipinski definition) is 2. The van der Waals surface area contributed by atoms with Crippen molar-refractivity contribution in [1.82, 2.24) is 5.32 Å². The summed E-state index contributed by atoms with van der Waals surface area (Å²) in [4.78, 5) is 25.0. The molecule has 4 aromatic rings. The molecule has 0 fully saturated rings.